The SMILES string of the molecule is CN(C)CCCNC(=O)C1(c2ccccc2)CCC1. The van der Waals surface area contributed by atoms with Crippen molar-refractivity contribution >= 4 is 5.91 Å². The molecular formula is C16H24N2O. The van der Waals surface area contributed by atoms with E-state index >= 15 is 0 Å². The molecular weight excluding hydrogens is 236 g/mol. The fraction of sp³-hybridized carbons (Fsp3) is 0.562. The van der Waals surface area contributed by atoms with Crippen molar-refractivity contribution in [1.29, 1.82) is 0 Å². The quantitative estimate of drug-likeness (QED) is 0.795. The van der Waals surface area contributed by atoms with Gasteiger partial charge in [-0.2, -0.15) is 0 Å². The molecule has 1 aromatic rings. The first kappa shape index (κ1) is 14.1. The lowest BCUT2D eigenvalue weighted by atomic mass is 9.64. The molecule has 1 aromatic carbocycles. The highest BCUT2D eigenvalue weighted by atomic mass is 16.2. The van der Waals surface area contributed by atoms with Crippen molar-refractivity contribution in [3.63, 3.8) is 0 Å². The molecule has 3 heteroatoms. The van der Waals surface area contributed by atoms with E-state index in [1.54, 1.807) is 0 Å². The Balaban J connectivity index is 1.93. The van der Waals surface area contributed by atoms with E-state index in [0.29, 0.717) is 0 Å². The summed E-state index contributed by atoms with van der Waals surface area (Å²) in [6.07, 6.45) is 4.12. The maximum atomic E-state index is 12.5. The van der Waals surface area contributed by atoms with Gasteiger partial charge in [0.25, 0.3) is 0 Å². The average molecular weight is 260 g/mol. The first-order valence-corrected chi connectivity index (χ1v) is 7.14. The Hall–Kier alpha value is -1.35. The third-order valence-corrected chi connectivity index (χ3v) is 4.04. The highest BCUT2D eigenvalue weighted by Crippen LogP contribution is 2.43. The van der Waals surface area contributed by atoms with Crippen molar-refractivity contribution in [3.8, 4) is 0 Å². The van der Waals surface area contributed by atoms with Crippen molar-refractivity contribution in [2.75, 3.05) is 27.2 Å². The topological polar surface area (TPSA) is 32.3 Å². The fourth-order valence-electron chi connectivity index (χ4n) is 2.70. The molecule has 0 radical (unpaired) electrons. The standard InChI is InChI=1S/C16H24N2O/c1-18(2)13-7-12-17-15(19)16(10-6-11-16)14-8-4-3-5-9-14/h3-5,8-9H,6-7,10-13H2,1-2H3,(H,17,19). The fourth-order valence-corrected chi connectivity index (χ4v) is 2.70. The first-order chi connectivity index (χ1) is 9.15. The van der Waals surface area contributed by atoms with Crippen molar-refractivity contribution in [3.05, 3.63) is 35.9 Å². The molecule has 0 unspecified atom stereocenters. The molecule has 0 saturated heterocycles. The van der Waals surface area contributed by atoms with E-state index in [-0.39, 0.29) is 11.3 Å². The summed E-state index contributed by atoms with van der Waals surface area (Å²) in [5, 5.41) is 3.11. The number of hydrogen-bond donors (Lipinski definition) is 1. The molecule has 1 aliphatic carbocycles. The zero-order valence-electron chi connectivity index (χ0n) is 12.0. The summed E-state index contributed by atoms with van der Waals surface area (Å²) in [7, 11) is 4.11. The summed E-state index contributed by atoms with van der Waals surface area (Å²) in [5.74, 6) is 0.212. The van der Waals surface area contributed by atoms with Crippen LogP contribution in [0.25, 0.3) is 0 Å². The number of nitrogens with zero attached hydrogens (tertiary/aromatic N) is 1. The van der Waals surface area contributed by atoms with Crippen LogP contribution in [0.5, 0.6) is 0 Å². The smallest absolute Gasteiger partial charge is 0.230 e. The van der Waals surface area contributed by atoms with Crippen molar-refractivity contribution in [2.24, 2.45) is 0 Å². The molecule has 104 valence electrons. The number of carbonyl (C=O) groups is 1. The molecule has 0 spiro atoms. The van der Waals surface area contributed by atoms with E-state index in [1.807, 2.05) is 18.2 Å². The molecule has 2 rings (SSSR count). The Morgan fingerprint density at radius 2 is 1.95 bits per heavy atom. The maximum Gasteiger partial charge on any atom is 0.230 e. The third kappa shape index (κ3) is 3.16. The van der Waals surface area contributed by atoms with Gasteiger partial charge in [-0.25, -0.2) is 0 Å². The van der Waals surface area contributed by atoms with Crippen LogP contribution >= 0.6 is 0 Å². The number of hydrogen-bond acceptors (Lipinski definition) is 2. The normalized spacial score (nSPS) is 17.0. The van der Waals surface area contributed by atoms with Crippen LogP contribution in [0.3, 0.4) is 0 Å². The lowest BCUT2D eigenvalue weighted by Crippen LogP contribution is -2.49. The number of rotatable bonds is 6. The van der Waals surface area contributed by atoms with E-state index in [0.717, 1.165) is 38.8 Å². The van der Waals surface area contributed by atoms with Gasteiger partial charge in [-0.3, -0.25) is 4.79 Å². The van der Waals surface area contributed by atoms with Gasteiger partial charge in [0.15, 0.2) is 0 Å². The van der Waals surface area contributed by atoms with Crippen molar-refractivity contribution in [1.82, 2.24) is 10.2 Å². The van der Waals surface area contributed by atoms with E-state index in [1.165, 1.54) is 5.56 Å². The average Bonchev–Trinajstić information content (AvgIpc) is 2.34. The molecule has 1 fully saturated rings. The largest absolute Gasteiger partial charge is 0.355 e. The predicted molar refractivity (Wildman–Crippen MR) is 78.2 cm³/mol. The lowest BCUT2D eigenvalue weighted by Gasteiger charge is -2.40. The van der Waals surface area contributed by atoms with Crippen LogP contribution in [0.15, 0.2) is 30.3 Å². The van der Waals surface area contributed by atoms with E-state index in [9.17, 15) is 4.79 Å². The summed E-state index contributed by atoms with van der Waals surface area (Å²) < 4.78 is 0. The van der Waals surface area contributed by atoms with Crippen LogP contribution in [0, 0.1) is 0 Å². The summed E-state index contributed by atoms with van der Waals surface area (Å²) in [4.78, 5) is 14.6. The van der Waals surface area contributed by atoms with Crippen molar-refractivity contribution < 1.29 is 4.79 Å². The molecule has 0 heterocycles. The van der Waals surface area contributed by atoms with Gasteiger partial charge >= 0.3 is 0 Å². The predicted octanol–water partition coefficient (Wildman–Crippen LogP) is 2.18. The van der Waals surface area contributed by atoms with Gasteiger partial charge in [0.05, 0.1) is 5.41 Å². The van der Waals surface area contributed by atoms with Crippen molar-refractivity contribution in [2.45, 2.75) is 31.1 Å². The Morgan fingerprint density at radius 1 is 1.26 bits per heavy atom. The number of nitrogens with one attached hydrogen (secondary N) is 1. The van der Waals surface area contributed by atoms with E-state index in [4.69, 9.17) is 0 Å². The van der Waals surface area contributed by atoms with Gasteiger partial charge in [0.2, 0.25) is 5.91 Å². The van der Waals surface area contributed by atoms with Crippen LogP contribution in [-0.2, 0) is 10.2 Å². The number of carbonyl (C=O) groups excluding carboxylic acids is 1. The van der Waals surface area contributed by atoms with Gasteiger partial charge in [-0.1, -0.05) is 36.8 Å². The second-order valence-electron chi connectivity index (χ2n) is 5.71. The Kier molecular flexibility index (Phi) is 4.59. The molecule has 1 saturated carbocycles. The van der Waals surface area contributed by atoms with Gasteiger partial charge in [-0.05, 0) is 45.5 Å². The molecule has 0 atom stereocenters. The van der Waals surface area contributed by atoms with Crippen LogP contribution in [0.2, 0.25) is 0 Å². The highest BCUT2D eigenvalue weighted by molar-refractivity contribution is 5.89. The lowest BCUT2D eigenvalue weighted by molar-refractivity contribution is -0.129. The van der Waals surface area contributed by atoms with Gasteiger partial charge in [0.1, 0.15) is 0 Å². The van der Waals surface area contributed by atoms with Gasteiger partial charge in [0, 0.05) is 6.54 Å². The zero-order valence-corrected chi connectivity index (χ0v) is 12.0. The molecule has 0 aromatic heterocycles. The van der Waals surface area contributed by atoms with Gasteiger partial charge < -0.3 is 10.2 Å². The minimum atomic E-state index is -0.251. The summed E-state index contributed by atoms with van der Waals surface area (Å²) in [6.45, 7) is 1.78. The van der Waals surface area contributed by atoms with E-state index in [2.05, 4.69) is 36.4 Å². The molecule has 0 bridgehead atoms. The van der Waals surface area contributed by atoms with Crippen LogP contribution in [0.1, 0.15) is 31.2 Å². The highest BCUT2D eigenvalue weighted by Gasteiger charge is 2.45. The molecule has 1 N–H and O–H groups in total. The van der Waals surface area contributed by atoms with Gasteiger partial charge in [-0.15, -0.1) is 0 Å². The number of amides is 1. The molecule has 19 heavy (non-hydrogen) atoms. The monoisotopic (exact) mass is 260 g/mol. The Bertz CT molecular complexity index is 410. The maximum absolute atomic E-state index is 12.5. The van der Waals surface area contributed by atoms with Crippen LogP contribution < -0.4 is 5.32 Å². The third-order valence-electron chi connectivity index (χ3n) is 4.04. The van der Waals surface area contributed by atoms with E-state index < -0.39 is 0 Å². The molecule has 1 amide bonds. The summed E-state index contributed by atoms with van der Waals surface area (Å²) in [5.41, 5.74) is 0.922. The number of benzene rings is 1. The summed E-state index contributed by atoms with van der Waals surface area (Å²) in [6, 6.07) is 10.2. The summed E-state index contributed by atoms with van der Waals surface area (Å²) >= 11 is 0. The minimum Gasteiger partial charge on any atom is -0.355 e. The first-order valence-electron chi connectivity index (χ1n) is 7.14. The van der Waals surface area contributed by atoms with Crippen LogP contribution in [-0.4, -0.2) is 38.0 Å². The molecule has 3 nitrogen and oxygen atoms in total. The zero-order chi connectivity index (χ0) is 13.7. The Morgan fingerprint density at radius 3 is 2.47 bits per heavy atom. The molecule has 0 aliphatic heterocycles. The molecule has 1 aliphatic rings. The van der Waals surface area contributed by atoms with Crippen LogP contribution in [0.4, 0.5) is 0 Å². The Labute approximate surface area is 116 Å². The second kappa shape index (κ2) is 6.20. The minimum absolute atomic E-state index is 0.212. The second-order valence-corrected chi connectivity index (χ2v) is 5.71.